The lowest BCUT2D eigenvalue weighted by atomic mass is 10.1. The van der Waals surface area contributed by atoms with Gasteiger partial charge in [0.1, 0.15) is 18.1 Å². The first-order chi connectivity index (χ1) is 15.9. The highest BCUT2D eigenvalue weighted by Crippen LogP contribution is 2.33. The lowest BCUT2D eigenvalue weighted by Gasteiger charge is -2.14. The fourth-order valence-electron chi connectivity index (χ4n) is 3.63. The molecule has 1 aliphatic heterocycles. The Morgan fingerprint density at radius 3 is 2.76 bits per heavy atom. The number of halogens is 3. The number of rotatable bonds is 5. The summed E-state index contributed by atoms with van der Waals surface area (Å²) in [5.74, 6) is 0.124. The Balaban J connectivity index is 1.24. The Kier molecular flexibility index (Phi) is 5.01. The maximum absolute atomic E-state index is 12.7. The van der Waals surface area contributed by atoms with Crippen molar-refractivity contribution in [1.82, 2.24) is 14.5 Å². The van der Waals surface area contributed by atoms with Crippen LogP contribution in [0.2, 0.25) is 0 Å². The minimum absolute atomic E-state index is 0.220. The van der Waals surface area contributed by atoms with Gasteiger partial charge >= 0.3 is 6.36 Å². The fourth-order valence-corrected chi connectivity index (χ4v) is 3.63. The summed E-state index contributed by atoms with van der Waals surface area (Å²) in [6, 6.07) is 16.8. The minimum atomic E-state index is -4.79. The number of para-hydroxylation sites is 1. The van der Waals surface area contributed by atoms with Crippen LogP contribution in [0.5, 0.6) is 17.5 Å². The van der Waals surface area contributed by atoms with Crippen LogP contribution in [-0.2, 0) is 6.54 Å². The minimum Gasteiger partial charge on any atom is -0.488 e. The lowest BCUT2D eigenvalue weighted by molar-refractivity contribution is -0.274. The molecular formula is C23H15F3N4O3. The van der Waals surface area contributed by atoms with Crippen molar-refractivity contribution in [2.75, 3.05) is 6.61 Å². The molecular weight excluding hydrogens is 437 g/mol. The van der Waals surface area contributed by atoms with Crippen LogP contribution in [0.15, 0.2) is 60.8 Å². The summed E-state index contributed by atoms with van der Waals surface area (Å²) >= 11 is 0. The van der Waals surface area contributed by atoms with Crippen LogP contribution in [0.25, 0.3) is 22.3 Å². The molecule has 4 aromatic rings. The molecule has 1 atom stereocenters. The Morgan fingerprint density at radius 1 is 1.15 bits per heavy atom. The van der Waals surface area contributed by atoms with Crippen LogP contribution in [0.4, 0.5) is 13.2 Å². The van der Waals surface area contributed by atoms with E-state index in [1.807, 2.05) is 10.6 Å². The molecule has 0 unspecified atom stereocenters. The SMILES string of the molecule is N#Cc1ccc2c(c1)nc1n2C[C@@H](COc2ccc(-c3ccccc3OC(F)(F)F)nc2)O1. The number of hydrogen-bond acceptors (Lipinski definition) is 6. The lowest BCUT2D eigenvalue weighted by Crippen LogP contribution is -2.23. The smallest absolute Gasteiger partial charge is 0.488 e. The van der Waals surface area contributed by atoms with Gasteiger partial charge in [-0.2, -0.15) is 10.2 Å². The van der Waals surface area contributed by atoms with Crippen LogP contribution in [0.3, 0.4) is 0 Å². The number of imidazole rings is 1. The second-order valence-corrected chi connectivity index (χ2v) is 7.29. The monoisotopic (exact) mass is 452 g/mol. The molecule has 0 radical (unpaired) electrons. The standard InChI is InChI=1S/C23H15F3N4O3/c24-23(25,26)33-21-4-2-1-3-17(21)18-7-6-15(11-28-18)31-13-16-12-30-20-8-5-14(10-27)9-19(20)29-22(30)32-16/h1-9,11,16H,12-13H2/t16-/m0/s1. The van der Waals surface area contributed by atoms with E-state index in [0.29, 0.717) is 35.1 Å². The van der Waals surface area contributed by atoms with Gasteiger partial charge in [0.15, 0.2) is 6.10 Å². The Bertz CT molecular complexity index is 1360. The van der Waals surface area contributed by atoms with E-state index >= 15 is 0 Å². The number of ether oxygens (including phenoxy) is 3. The molecule has 2 aromatic heterocycles. The average molecular weight is 452 g/mol. The maximum atomic E-state index is 12.7. The molecule has 0 saturated heterocycles. The van der Waals surface area contributed by atoms with E-state index < -0.39 is 6.36 Å². The molecule has 0 saturated carbocycles. The van der Waals surface area contributed by atoms with Crippen molar-refractivity contribution >= 4 is 11.0 Å². The molecule has 7 nitrogen and oxygen atoms in total. The number of fused-ring (bicyclic) bond motifs is 3. The molecule has 33 heavy (non-hydrogen) atoms. The first-order valence-corrected chi connectivity index (χ1v) is 9.91. The largest absolute Gasteiger partial charge is 0.573 e. The summed E-state index contributed by atoms with van der Waals surface area (Å²) in [6.45, 7) is 0.765. The molecule has 0 N–H and O–H groups in total. The third-order valence-corrected chi connectivity index (χ3v) is 5.06. The molecule has 3 heterocycles. The molecule has 166 valence electrons. The Labute approximate surface area is 185 Å². The number of hydrogen-bond donors (Lipinski definition) is 0. The molecule has 0 fully saturated rings. The quantitative estimate of drug-likeness (QED) is 0.436. The van der Waals surface area contributed by atoms with E-state index in [-0.39, 0.29) is 24.0 Å². The van der Waals surface area contributed by atoms with Gasteiger partial charge in [0, 0.05) is 5.56 Å². The van der Waals surface area contributed by atoms with E-state index in [9.17, 15) is 13.2 Å². The average Bonchev–Trinajstić information content (AvgIpc) is 3.34. The van der Waals surface area contributed by atoms with Gasteiger partial charge < -0.3 is 14.2 Å². The van der Waals surface area contributed by atoms with Crippen molar-refractivity contribution in [3.05, 3.63) is 66.4 Å². The van der Waals surface area contributed by atoms with Gasteiger partial charge in [-0.25, -0.2) is 0 Å². The zero-order valence-corrected chi connectivity index (χ0v) is 16.9. The Morgan fingerprint density at radius 2 is 2.00 bits per heavy atom. The topological polar surface area (TPSA) is 82.2 Å². The van der Waals surface area contributed by atoms with Gasteiger partial charge in [-0.05, 0) is 42.5 Å². The first-order valence-electron chi connectivity index (χ1n) is 9.91. The number of aromatic nitrogens is 3. The zero-order chi connectivity index (χ0) is 23.0. The summed E-state index contributed by atoms with van der Waals surface area (Å²) in [4.78, 5) is 8.63. The van der Waals surface area contributed by atoms with E-state index in [1.165, 1.54) is 24.4 Å². The number of alkyl halides is 3. The molecule has 10 heteroatoms. The molecule has 0 bridgehead atoms. The predicted octanol–water partition coefficient (Wildman–Crippen LogP) is 4.71. The predicted molar refractivity (Wildman–Crippen MR) is 111 cm³/mol. The Hall–Kier alpha value is -4.26. The second kappa shape index (κ2) is 8.02. The van der Waals surface area contributed by atoms with Crippen molar-refractivity contribution in [2.24, 2.45) is 0 Å². The van der Waals surface area contributed by atoms with Crippen LogP contribution >= 0.6 is 0 Å². The normalized spacial score (nSPS) is 15.0. The highest BCUT2D eigenvalue weighted by atomic mass is 19.4. The van der Waals surface area contributed by atoms with E-state index in [0.717, 1.165) is 5.52 Å². The van der Waals surface area contributed by atoms with Gasteiger partial charge in [0.05, 0.1) is 41.1 Å². The van der Waals surface area contributed by atoms with Gasteiger partial charge in [-0.1, -0.05) is 12.1 Å². The van der Waals surface area contributed by atoms with Crippen molar-refractivity contribution in [1.29, 1.82) is 5.26 Å². The van der Waals surface area contributed by atoms with Crippen LogP contribution < -0.4 is 14.2 Å². The van der Waals surface area contributed by atoms with Crippen molar-refractivity contribution < 1.29 is 27.4 Å². The molecule has 2 aromatic carbocycles. The van der Waals surface area contributed by atoms with Crippen molar-refractivity contribution in [3.8, 4) is 34.8 Å². The molecule has 0 spiro atoms. The van der Waals surface area contributed by atoms with Gasteiger partial charge in [0.2, 0.25) is 0 Å². The molecule has 5 rings (SSSR count). The van der Waals surface area contributed by atoms with Crippen LogP contribution in [-0.4, -0.2) is 33.6 Å². The van der Waals surface area contributed by atoms with Crippen LogP contribution in [0, 0.1) is 11.3 Å². The number of nitrogens with zero attached hydrogens (tertiary/aromatic N) is 4. The number of benzene rings is 2. The number of nitriles is 1. The highest BCUT2D eigenvalue weighted by Gasteiger charge is 2.32. The molecule has 1 aliphatic rings. The third kappa shape index (κ3) is 4.25. The van der Waals surface area contributed by atoms with E-state index in [1.54, 1.807) is 30.3 Å². The second-order valence-electron chi connectivity index (χ2n) is 7.29. The summed E-state index contributed by atoms with van der Waals surface area (Å²) < 4.78 is 55.6. The zero-order valence-electron chi connectivity index (χ0n) is 16.9. The van der Waals surface area contributed by atoms with E-state index in [4.69, 9.17) is 14.7 Å². The summed E-state index contributed by atoms with van der Waals surface area (Å²) in [5, 5.41) is 9.02. The maximum Gasteiger partial charge on any atom is 0.573 e. The molecule has 0 amide bonds. The first kappa shape index (κ1) is 20.6. The molecule has 0 aliphatic carbocycles. The van der Waals surface area contributed by atoms with Gasteiger partial charge in [-0.15, -0.1) is 13.2 Å². The van der Waals surface area contributed by atoms with E-state index in [2.05, 4.69) is 20.8 Å². The van der Waals surface area contributed by atoms with Crippen molar-refractivity contribution in [2.45, 2.75) is 19.0 Å². The van der Waals surface area contributed by atoms with Gasteiger partial charge in [0.25, 0.3) is 6.01 Å². The summed E-state index contributed by atoms with van der Waals surface area (Å²) in [6.07, 6.45) is -3.63. The highest BCUT2D eigenvalue weighted by molar-refractivity contribution is 5.78. The van der Waals surface area contributed by atoms with Crippen LogP contribution in [0.1, 0.15) is 5.56 Å². The third-order valence-electron chi connectivity index (χ3n) is 5.06. The summed E-state index contributed by atoms with van der Waals surface area (Å²) in [7, 11) is 0. The fraction of sp³-hybridized carbons (Fsp3) is 0.174. The summed E-state index contributed by atoms with van der Waals surface area (Å²) in [5.41, 5.74) is 2.64. The van der Waals surface area contributed by atoms with Gasteiger partial charge in [-0.3, -0.25) is 9.55 Å². The van der Waals surface area contributed by atoms with Crippen molar-refractivity contribution in [3.63, 3.8) is 0 Å². The number of pyridine rings is 1.